The molecule has 1 heterocycles. The zero-order valence-corrected chi connectivity index (χ0v) is 12.8. The first kappa shape index (κ1) is 17.1. The van der Waals surface area contributed by atoms with Crippen LogP contribution in [0.4, 0.5) is 13.2 Å². The van der Waals surface area contributed by atoms with Crippen molar-refractivity contribution < 1.29 is 13.2 Å². The van der Waals surface area contributed by atoms with Gasteiger partial charge in [-0.3, -0.25) is 4.90 Å². The third-order valence-corrected chi connectivity index (χ3v) is 4.72. The molecule has 1 aliphatic heterocycles. The van der Waals surface area contributed by atoms with Gasteiger partial charge >= 0.3 is 5.51 Å². The predicted octanol–water partition coefficient (Wildman–Crippen LogP) is 3.48. The molecule has 114 valence electrons. The summed E-state index contributed by atoms with van der Waals surface area (Å²) in [5.41, 5.74) is -4.13. The summed E-state index contributed by atoms with van der Waals surface area (Å²) in [4.78, 5) is 2.24. The van der Waals surface area contributed by atoms with Gasteiger partial charge in [0.25, 0.3) is 0 Å². The van der Waals surface area contributed by atoms with Gasteiger partial charge in [0.05, 0.1) is 0 Å². The second-order valence-corrected chi connectivity index (χ2v) is 6.62. The van der Waals surface area contributed by atoms with E-state index >= 15 is 0 Å². The number of thioether (sulfide) groups is 1. The van der Waals surface area contributed by atoms with E-state index in [-0.39, 0.29) is 23.1 Å². The summed E-state index contributed by atoms with van der Waals surface area (Å²) in [5.74, 6) is 0.123. The van der Waals surface area contributed by atoms with Crippen molar-refractivity contribution in [3.63, 3.8) is 0 Å². The van der Waals surface area contributed by atoms with Crippen LogP contribution >= 0.6 is 11.8 Å². The summed E-state index contributed by atoms with van der Waals surface area (Å²) < 4.78 is 36.6. The molecule has 1 rings (SSSR count). The van der Waals surface area contributed by atoms with Crippen LogP contribution < -0.4 is 5.32 Å². The first-order chi connectivity index (χ1) is 8.80. The highest BCUT2D eigenvalue weighted by atomic mass is 32.2. The van der Waals surface area contributed by atoms with Crippen LogP contribution in [0.5, 0.6) is 0 Å². The molecule has 0 saturated carbocycles. The molecule has 1 fully saturated rings. The van der Waals surface area contributed by atoms with E-state index in [2.05, 4.69) is 31.0 Å². The van der Waals surface area contributed by atoms with E-state index < -0.39 is 5.51 Å². The molecule has 6 heteroatoms. The Morgan fingerprint density at radius 1 is 1.37 bits per heavy atom. The van der Waals surface area contributed by atoms with Crippen LogP contribution in [0.3, 0.4) is 0 Å². The molecule has 0 amide bonds. The number of nitrogens with zero attached hydrogens (tertiary/aromatic N) is 1. The summed E-state index contributed by atoms with van der Waals surface area (Å²) in [6, 6.07) is 0.417. The number of rotatable bonds is 6. The molecule has 2 atom stereocenters. The number of hydrogen-bond acceptors (Lipinski definition) is 3. The van der Waals surface area contributed by atoms with Crippen molar-refractivity contribution in [1.82, 2.24) is 10.2 Å². The minimum absolute atomic E-state index is 0.0175. The fourth-order valence-electron chi connectivity index (χ4n) is 2.55. The quantitative estimate of drug-likeness (QED) is 0.808. The van der Waals surface area contributed by atoms with Crippen molar-refractivity contribution in [3.8, 4) is 0 Å². The van der Waals surface area contributed by atoms with Crippen molar-refractivity contribution in [3.05, 3.63) is 0 Å². The maximum atomic E-state index is 12.2. The molecule has 1 N–H and O–H groups in total. The Kier molecular flexibility index (Phi) is 6.47. The molecular formula is C13H25F3N2S. The lowest BCUT2D eigenvalue weighted by molar-refractivity contribution is -0.0332. The van der Waals surface area contributed by atoms with Crippen LogP contribution in [0.2, 0.25) is 0 Å². The third kappa shape index (κ3) is 5.52. The fraction of sp³-hybridized carbons (Fsp3) is 1.00. The monoisotopic (exact) mass is 298 g/mol. The van der Waals surface area contributed by atoms with Crippen molar-refractivity contribution in [2.24, 2.45) is 0 Å². The van der Waals surface area contributed by atoms with Crippen LogP contribution in [0.25, 0.3) is 0 Å². The normalized spacial score (nSPS) is 29.7. The lowest BCUT2D eigenvalue weighted by atomic mass is 9.91. The molecule has 19 heavy (non-hydrogen) atoms. The Hall–Kier alpha value is 0.0600. The van der Waals surface area contributed by atoms with E-state index in [1.54, 1.807) is 0 Å². The number of piperazine rings is 1. The van der Waals surface area contributed by atoms with Crippen LogP contribution in [-0.4, -0.2) is 47.4 Å². The number of hydrogen-bond donors (Lipinski definition) is 1. The van der Waals surface area contributed by atoms with Crippen LogP contribution in [0.1, 0.15) is 40.0 Å². The smallest absolute Gasteiger partial charge is 0.311 e. The van der Waals surface area contributed by atoms with Gasteiger partial charge in [-0.05, 0) is 31.5 Å². The van der Waals surface area contributed by atoms with Crippen molar-refractivity contribution in [2.45, 2.75) is 57.1 Å². The van der Waals surface area contributed by atoms with Crippen LogP contribution in [0, 0.1) is 0 Å². The largest absolute Gasteiger partial charge is 0.441 e. The van der Waals surface area contributed by atoms with Gasteiger partial charge in [-0.15, -0.1) is 0 Å². The van der Waals surface area contributed by atoms with Gasteiger partial charge in [-0.1, -0.05) is 20.3 Å². The van der Waals surface area contributed by atoms with Crippen molar-refractivity contribution in [2.75, 3.05) is 25.4 Å². The standard InChI is InChI=1S/C13H25F3N2S/c1-4-6-11-9-18(7-8-19-13(14,15)16)12(3,5-2)10-17-11/h11,17H,4-10H2,1-3H3. The molecular weight excluding hydrogens is 273 g/mol. The predicted molar refractivity (Wildman–Crippen MR) is 75.5 cm³/mol. The summed E-state index contributed by atoms with van der Waals surface area (Å²) >= 11 is 0.0910. The van der Waals surface area contributed by atoms with E-state index in [4.69, 9.17) is 0 Å². The maximum Gasteiger partial charge on any atom is 0.441 e. The summed E-state index contributed by atoms with van der Waals surface area (Å²) in [6.07, 6.45) is 3.14. The second-order valence-electron chi connectivity index (χ2n) is 5.46. The first-order valence-corrected chi connectivity index (χ1v) is 7.98. The Balaban J connectivity index is 2.52. The van der Waals surface area contributed by atoms with Gasteiger partial charge < -0.3 is 5.32 Å². The molecule has 0 aliphatic carbocycles. The van der Waals surface area contributed by atoms with Crippen molar-refractivity contribution in [1.29, 1.82) is 0 Å². The molecule has 0 aromatic rings. The maximum absolute atomic E-state index is 12.2. The van der Waals surface area contributed by atoms with E-state index in [0.717, 1.165) is 32.4 Å². The molecule has 1 aliphatic rings. The van der Waals surface area contributed by atoms with Gasteiger partial charge in [0, 0.05) is 37.0 Å². The molecule has 0 spiro atoms. The molecule has 2 unspecified atom stereocenters. The van der Waals surface area contributed by atoms with Gasteiger partial charge in [-0.25, -0.2) is 0 Å². The highest BCUT2D eigenvalue weighted by molar-refractivity contribution is 8.00. The van der Waals surface area contributed by atoms with Crippen LogP contribution in [-0.2, 0) is 0 Å². The molecule has 2 nitrogen and oxygen atoms in total. The van der Waals surface area contributed by atoms with Crippen molar-refractivity contribution >= 4 is 11.8 Å². The highest BCUT2D eigenvalue weighted by Gasteiger charge is 2.36. The molecule has 0 radical (unpaired) electrons. The van der Waals surface area contributed by atoms with Gasteiger partial charge in [0.15, 0.2) is 0 Å². The van der Waals surface area contributed by atoms with E-state index in [1.165, 1.54) is 0 Å². The first-order valence-electron chi connectivity index (χ1n) is 7.00. The van der Waals surface area contributed by atoms with Crippen LogP contribution in [0.15, 0.2) is 0 Å². The Labute approximate surface area is 118 Å². The van der Waals surface area contributed by atoms with Gasteiger partial charge in [0.1, 0.15) is 0 Å². The summed E-state index contributed by atoms with van der Waals surface area (Å²) in [7, 11) is 0. The molecule has 1 saturated heterocycles. The third-order valence-electron chi connectivity index (χ3n) is 4.00. The Morgan fingerprint density at radius 2 is 2.05 bits per heavy atom. The summed E-state index contributed by atoms with van der Waals surface area (Å²) in [5, 5.41) is 3.53. The minimum atomic E-state index is -4.11. The SMILES string of the molecule is CCCC1CN(CCSC(F)(F)F)C(C)(CC)CN1. The summed E-state index contributed by atoms with van der Waals surface area (Å²) in [6.45, 7) is 8.61. The highest BCUT2D eigenvalue weighted by Crippen LogP contribution is 2.31. The Bertz CT molecular complexity index is 273. The molecule has 0 bridgehead atoms. The fourth-order valence-corrected chi connectivity index (χ4v) is 3.09. The van der Waals surface area contributed by atoms with Gasteiger partial charge in [-0.2, -0.15) is 13.2 Å². The lowest BCUT2D eigenvalue weighted by Crippen LogP contribution is -2.63. The van der Waals surface area contributed by atoms with E-state index in [1.807, 2.05) is 0 Å². The van der Waals surface area contributed by atoms with E-state index in [9.17, 15) is 13.2 Å². The van der Waals surface area contributed by atoms with E-state index in [0.29, 0.717) is 12.6 Å². The lowest BCUT2D eigenvalue weighted by Gasteiger charge is -2.48. The minimum Gasteiger partial charge on any atom is -0.311 e. The zero-order valence-electron chi connectivity index (χ0n) is 12.0. The zero-order chi connectivity index (χ0) is 14.5. The average Bonchev–Trinajstić information content (AvgIpc) is 2.32. The number of halogens is 3. The Morgan fingerprint density at radius 3 is 2.58 bits per heavy atom. The number of nitrogens with one attached hydrogen (secondary N) is 1. The number of alkyl halides is 3. The molecule has 0 aromatic heterocycles. The second kappa shape index (κ2) is 7.18. The molecule has 0 aromatic carbocycles. The van der Waals surface area contributed by atoms with Gasteiger partial charge in [0.2, 0.25) is 0 Å². The topological polar surface area (TPSA) is 15.3 Å². The average molecular weight is 298 g/mol.